The SMILES string of the molecule is CN1CCC2=C(C1)SCC=N2. The lowest BCUT2D eigenvalue weighted by Gasteiger charge is -2.26. The van der Waals surface area contributed by atoms with Gasteiger partial charge in [-0.05, 0) is 7.05 Å². The second kappa shape index (κ2) is 2.99. The standard InChI is InChI=1S/C8H12N2S/c1-10-4-2-7-8(6-10)11-5-3-9-7/h3H,2,4-6H2,1H3. The van der Waals surface area contributed by atoms with Crippen molar-refractivity contribution < 1.29 is 0 Å². The lowest BCUT2D eigenvalue weighted by Crippen LogP contribution is -2.27. The predicted molar refractivity (Wildman–Crippen MR) is 50.1 cm³/mol. The molecule has 0 amide bonds. The second-order valence-corrected chi connectivity index (χ2v) is 4.10. The van der Waals surface area contributed by atoms with E-state index in [4.69, 9.17) is 0 Å². The van der Waals surface area contributed by atoms with E-state index in [1.165, 1.54) is 10.6 Å². The van der Waals surface area contributed by atoms with Crippen molar-refractivity contribution in [1.29, 1.82) is 0 Å². The van der Waals surface area contributed by atoms with Crippen molar-refractivity contribution in [3.05, 3.63) is 10.6 Å². The zero-order chi connectivity index (χ0) is 7.68. The third-order valence-corrected chi connectivity index (χ3v) is 3.07. The highest BCUT2D eigenvalue weighted by Gasteiger charge is 2.17. The largest absolute Gasteiger partial charge is 0.301 e. The number of hydrogen-bond donors (Lipinski definition) is 0. The summed E-state index contributed by atoms with van der Waals surface area (Å²) in [7, 11) is 2.17. The monoisotopic (exact) mass is 168 g/mol. The van der Waals surface area contributed by atoms with Gasteiger partial charge in [-0.2, -0.15) is 0 Å². The number of likely N-dealkylation sites (N-methyl/N-ethyl adjacent to an activating group) is 1. The van der Waals surface area contributed by atoms with Gasteiger partial charge in [0.1, 0.15) is 0 Å². The molecular weight excluding hydrogens is 156 g/mol. The lowest BCUT2D eigenvalue weighted by atomic mass is 10.2. The average Bonchev–Trinajstić information content (AvgIpc) is 2.04. The molecule has 0 unspecified atom stereocenters. The van der Waals surface area contributed by atoms with Gasteiger partial charge in [0, 0.05) is 36.4 Å². The summed E-state index contributed by atoms with van der Waals surface area (Å²) >= 11 is 1.94. The molecule has 0 aliphatic carbocycles. The van der Waals surface area contributed by atoms with Crippen molar-refractivity contribution in [2.45, 2.75) is 6.42 Å². The fourth-order valence-electron chi connectivity index (χ4n) is 1.40. The van der Waals surface area contributed by atoms with Crippen molar-refractivity contribution in [2.75, 3.05) is 25.9 Å². The quantitative estimate of drug-likeness (QED) is 0.542. The van der Waals surface area contributed by atoms with E-state index < -0.39 is 0 Å². The van der Waals surface area contributed by atoms with Crippen molar-refractivity contribution >= 4 is 18.0 Å². The summed E-state index contributed by atoms with van der Waals surface area (Å²) in [6.07, 6.45) is 3.16. The van der Waals surface area contributed by atoms with E-state index in [0.717, 1.165) is 25.3 Å². The first-order chi connectivity index (χ1) is 5.36. The molecule has 2 rings (SSSR count). The minimum atomic E-state index is 1.06. The molecule has 0 radical (unpaired) electrons. The number of thioether (sulfide) groups is 1. The van der Waals surface area contributed by atoms with Gasteiger partial charge in [-0.15, -0.1) is 11.8 Å². The van der Waals surface area contributed by atoms with E-state index in [-0.39, 0.29) is 0 Å². The van der Waals surface area contributed by atoms with Crippen LogP contribution in [0.3, 0.4) is 0 Å². The number of hydrogen-bond acceptors (Lipinski definition) is 3. The Labute approximate surface area is 71.4 Å². The van der Waals surface area contributed by atoms with Gasteiger partial charge in [-0.3, -0.25) is 4.99 Å². The van der Waals surface area contributed by atoms with Crippen LogP contribution in [0.4, 0.5) is 0 Å². The minimum absolute atomic E-state index is 1.06. The van der Waals surface area contributed by atoms with Gasteiger partial charge in [0.15, 0.2) is 0 Å². The van der Waals surface area contributed by atoms with Crippen LogP contribution in [0.25, 0.3) is 0 Å². The molecule has 0 saturated carbocycles. The highest BCUT2D eigenvalue weighted by atomic mass is 32.2. The molecule has 0 aromatic heterocycles. The van der Waals surface area contributed by atoms with Crippen molar-refractivity contribution in [3.63, 3.8) is 0 Å². The van der Waals surface area contributed by atoms with E-state index in [2.05, 4.69) is 16.9 Å². The lowest BCUT2D eigenvalue weighted by molar-refractivity contribution is 0.355. The summed E-state index contributed by atoms with van der Waals surface area (Å²) < 4.78 is 0. The molecule has 2 aliphatic rings. The average molecular weight is 168 g/mol. The fraction of sp³-hybridized carbons (Fsp3) is 0.625. The van der Waals surface area contributed by atoms with Crippen LogP contribution in [0.1, 0.15) is 6.42 Å². The van der Waals surface area contributed by atoms with Crippen molar-refractivity contribution in [2.24, 2.45) is 4.99 Å². The van der Waals surface area contributed by atoms with Crippen LogP contribution in [-0.4, -0.2) is 37.0 Å². The summed E-state index contributed by atoms with van der Waals surface area (Å²) in [4.78, 5) is 8.23. The maximum Gasteiger partial charge on any atom is 0.0520 e. The maximum absolute atomic E-state index is 4.39. The molecule has 2 nitrogen and oxygen atoms in total. The molecule has 0 bridgehead atoms. The molecule has 2 heterocycles. The Morgan fingerprint density at radius 2 is 2.55 bits per heavy atom. The van der Waals surface area contributed by atoms with E-state index in [1.807, 2.05) is 18.0 Å². The Balaban J connectivity index is 2.19. The molecule has 60 valence electrons. The molecule has 3 heteroatoms. The molecule has 0 N–H and O–H groups in total. The van der Waals surface area contributed by atoms with Crippen LogP contribution in [-0.2, 0) is 0 Å². The normalized spacial score (nSPS) is 25.5. The van der Waals surface area contributed by atoms with E-state index in [9.17, 15) is 0 Å². The van der Waals surface area contributed by atoms with E-state index in [1.54, 1.807) is 0 Å². The molecular formula is C8H12N2S. The van der Waals surface area contributed by atoms with Gasteiger partial charge in [0.05, 0.1) is 5.70 Å². The summed E-state index contributed by atoms with van der Waals surface area (Å²) in [5.74, 6) is 1.06. The molecule has 0 aromatic rings. The highest BCUT2D eigenvalue weighted by Crippen LogP contribution is 2.29. The van der Waals surface area contributed by atoms with Crippen LogP contribution < -0.4 is 0 Å². The van der Waals surface area contributed by atoms with E-state index in [0.29, 0.717) is 0 Å². The minimum Gasteiger partial charge on any atom is -0.301 e. The first kappa shape index (κ1) is 7.37. The topological polar surface area (TPSA) is 15.6 Å². The maximum atomic E-state index is 4.39. The van der Waals surface area contributed by atoms with Crippen LogP contribution >= 0.6 is 11.8 Å². The van der Waals surface area contributed by atoms with Crippen molar-refractivity contribution in [1.82, 2.24) is 4.90 Å². The summed E-state index contributed by atoms with van der Waals surface area (Å²) in [5.41, 5.74) is 1.33. The van der Waals surface area contributed by atoms with Gasteiger partial charge < -0.3 is 4.90 Å². The molecule has 0 fully saturated rings. The predicted octanol–water partition coefficient (Wildman–Crippen LogP) is 1.35. The molecule has 0 atom stereocenters. The number of aliphatic imine (C=N–C) groups is 1. The van der Waals surface area contributed by atoms with Crippen LogP contribution in [0.15, 0.2) is 15.6 Å². The van der Waals surface area contributed by atoms with Crippen LogP contribution in [0.2, 0.25) is 0 Å². The zero-order valence-corrected chi connectivity index (χ0v) is 7.52. The Morgan fingerprint density at radius 1 is 1.64 bits per heavy atom. The van der Waals surface area contributed by atoms with E-state index >= 15 is 0 Å². The molecule has 0 spiro atoms. The smallest absolute Gasteiger partial charge is 0.0520 e. The second-order valence-electron chi connectivity index (χ2n) is 2.98. The van der Waals surface area contributed by atoms with Gasteiger partial charge >= 0.3 is 0 Å². The fourth-order valence-corrected chi connectivity index (χ4v) is 2.39. The molecule has 2 aliphatic heterocycles. The summed E-state index contributed by atoms with van der Waals surface area (Å²) in [5, 5.41) is 0. The van der Waals surface area contributed by atoms with Crippen molar-refractivity contribution in [3.8, 4) is 0 Å². The van der Waals surface area contributed by atoms with Gasteiger partial charge in [0.2, 0.25) is 0 Å². The first-order valence-corrected chi connectivity index (χ1v) is 4.91. The van der Waals surface area contributed by atoms with Crippen LogP contribution in [0, 0.1) is 0 Å². The Hall–Kier alpha value is -0.280. The Kier molecular flexibility index (Phi) is 2.00. The first-order valence-electron chi connectivity index (χ1n) is 3.92. The zero-order valence-electron chi connectivity index (χ0n) is 6.71. The Bertz CT molecular complexity index is 220. The molecule has 0 aromatic carbocycles. The van der Waals surface area contributed by atoms with Gasteiger partial charge in [0.25, 0.3) is 0 Å². The van der Waals surface area contributed by atoms with Gasteiger partial charge in [-0.25, -0.2) is 0 Å². The summed E-state index contributed by atoms with van der Waals surface area (Å²) in [6.45, 7) is 2.27. The van der Waals surface area contributed by atoms with Crippen LogP contribution in [0.5, 0.6) is 0 Å². The number of nitrogens with zero attached hydrogens (tertiary/aromatic N) is 2. The third-order valence-electron chi connectivity index (χ3n) is 2.04. The summed E-state index contributed by atoms with van der Waals surface area (Å²) in [6, 6.07) is 0. The number of rotatable bonds is 0. The molecule has 0 saturated heterocycles. The van der Waals surface area contributed by atoms with Gasteiger partial charge in [-0.1, -0.05) is 0 Å². The Morgan fingerprint density at radius 3 is 3.45 bits per heavy atom. The highest BCUT2D eigenvalue weighted by molar-refractivity contribution is 8.03. The third kappa shape index (κ3) is 1.49. The molecule has 11 heavy (non-hydrogen) atoms.